The predicted molar refractivity (Wildman–Crippen MR) is 103 cm³/mol. The summed E-state index contributed by atoms with van der Waals surface area (Å²) in [6.45, 7) is 4.67. The molecule has 0 unspecified atom stereocenters. The smallest absolute Gasteiger partial charge is 0.124 e. The average Bonchev–Trinajstić information content (AvgIpc) is 3.38. The molecule has 2 atom stereocenters. The maximum absolute atomic E-state index is 6.62. The van der Waals surface area contributed by atoms with E-state index in [1.54, 1.807) is 6.26 Å². The molecule has 5 heteroatoms. The van der Waals surface area contributed by atoms with Crippen molar-refractivity contribution in [1.82, 2.24) is 10.2 Å². The van der Waals surface area contributed by atoms with Gasteiger partial charge in [-0.15, -0.1) is 0 Å². The molecule has 3 aliphatic heterocycles. The molecule has 4 heterocycles. The fourth-order valence-corrected chi connectivity index (χ4v) is 4.77. The van der Waals surface area contributed by atoms with Gasteiger partial charge in [0.2, 0.25) is 0 Å². The molecular formula is C22H28N2O3. The molecule has 0 saturated carbocycles. The van der Waals surface area contributed by atoms with Crippen molar-refractivity contribution in [2.75, 3.05) is 26.3 Å². The molecule has 2 saturated heterocycles. The van der Waals surface area contributed by atoms with Crippen LogP contribution in [0.2, 0.25) is 0 Å². The van der Waals surface area contributed by atoms with Gasteiger partial charge in [-0.05, 0) is 37.5 Å². The first-order valence-electron chi connectivity index (χ1n) is 10.2. The number of rotatable bonds is 4. The summed E-state index contributed by atoms with van der Waals surface area (Å²) < 4.78 is 17.7. The minimum atomic E-state index is -0.0643. The lowest BCUT2D eigenvalue weighted by Gasteiger charge is -2.47. The molecule has 1 spiro atoms. The van der Waals surface area contributed by atoms with E-state index in [-0.39, 0.29) is 5.60 Å². The lowest BCUT2D eigenvalue weighted by molar-refractivity contribution is -0.0292. The first-order valence-corrected chi connectivity index (χ1v) is 10.2. The number of hydrogen-bond acceptors (Lipinski definition) is 5. The minimum absolute atomic E-state index is 0.0643. The van der Waals surface area contributed by atoms with Crippen molar-refractivity contribution in [1.29, 1.82) is 0 Å². The first-order chi connectivity index (χ1) is 13.3. The van der Waals surface area contributed by atoms with Gasteiger partial charge in [-0.1, -0.05) is 18.2 Å². The van der Waals surface area contributed by atoms with Gasteiger partial charge in [0, 0.05) is 43.8 Å². The Morgan fingerprint density at radius 1 is 1.11 bits per heavy atom. The molecule has 0 bridgehead atoms. The fraction of sp³-hybridized carbons (Fsp3) is 0.545. The zero-order chi connectivity index (χ0) is 18.1. The van der Waals surface area contributed by atoms with Gasteiger partial charge < -0.3 is 19.2 Å². The Morgan fingerprint density at radius 2 is 2.00 bits per heavy atom. The van der Waals surface area contributed by atoms with Gasteiger partial charge in [-0.3, -0.25) is 4.90 Å². The number of benzene rings is 1. The molecule has 2 fully saturated rings. The zero-order valence-corrected chi connectivity index (χ0v) is 15.7. The molecule has 0 amide bonds. The number of piperidine rings is 1. The van der Waals surface area contributed by atoms with Crippen molar-refractivity contribution in [3.05, 3.63) is 54.0 Å². The Morgan fingerprint density at radius 3 is 2.78 bits per heavy atom. The van der Waals surface area contributed by atoms with E-state index in [4.69, 9.17) is 13.9 Å². The van der Waals surface area contributed by atoms with Crippen molar-refractivity contribution in [2.45, 2.75) is 49.9 Å². The van der Waals surface area contributed by atoms with E-state index in [1.165, 1.54) is 5.56 Å². The van der Waals surface area contributed by atoms with Crippen molar-refractivity contribution < 1.29 is 13.9 Å². The van der Waals surface area contributed by atoms with E-state index in [2.05, 4.69) is 40.5 Å². The molecule has 144 valence electrons. The number of nitrogens with one attached hydrogen (secondary N) is 1. The van der Waals surface area contributed by atoms with Gasteiger partial charge in [-0.2, -0.15) is 0 Å². The highest BCUT2D eigenvalue weighted by atomic mass is 16.5. The van der Waals surface area contributed by atoms with Gasteiger partial charge in [0.05, 0.1) is 19.4 Å². The van der Waals surface area contributed by atoms with Crippen molar-refractivity contribution in [3.8, 4) is 5.75 Å². The second kappa shape index (κ2) is 7.30. The van der Waals surface area contributed by atoms with Gasteiger partial charge in [0.15, 0.2) is 0 Å². The molecule has 27 heavy (non-hydrogen) atoms. The number of likely N-dealkylation sites (tertiary alicyclic amines) is 1. The Kier molecular flexibility index (Phi) is 4.68. The number of nitrogens with zero attached hydrogens (tertiary/aromatic N) is 1. The average molecular weight is 368 g/mol. The van der Waals surface area contributed by atoms with E-state index in [0.29, 0.717) is 12.1 Å². The Balaban J connectivity index is 1.30. The van der Waals surface area contributed by atoms with Crippen molar-refractivity contribution in [2.24, 2.45) is 0 Å². The van der Waals surface area contributed by atoms with Crippen LogP contribution in [0.4, 0.5) is 0 Å². The van der Waals surface area contributed by atoms with Crippen molar-refractivity contribution >= 4 is 0 Å². The molecule has 0 aliphatic carbocycles. The molecule has 5 nitrogen and oxygen atoms in total. The fourth-order valence-electron chi connectivity index (χ4n) is 4.77. The third-order valence-corrected chi connectivity index (χ3v) is 6.29. The highest BCUT2D eigenvalue weighted by Crippen LogP contribution is 2.44. The quantitative estimate of drug-likeness (QED) is 0.895. The summed E-state index contributed by atoms with van der Waals surface area (Å²) in [5, 5.41) is 3.86. The standard InChI is InChI=1S/C22H28N2O3/c1-2-6-21-19(5-1)20(23-17-7-13-25-16-17)14-22(27-21)8-10-24(11-9-22)15-18-4-3-12-26-18/h1-6,12,17,20,23H,7-11,13-16H2/t17-,20+/m0/s1. The number of furan rings is 1. The Labute approximate surface area is 160 Å². The molecule has 3 aliphatic rings. The molecule has 1 aromatic carbocycles. The maximum Gasteiger partial charge on any atom is 0.124 e. The van der Waals surface area contributed by atoms with Crippen LogP contribution >= 0.6 is 0 Å². The highest BCUT2D eigenvalue weighted by molar-refractivity contribution is 5.39. The van der Waals surface area contributed by atoms with E-state index < -0.39 is 0 Å². The summed E-state index contributed by atoms with van der Waals surface area (Å²) in [6.07, 6.45) is 6.01. The summed E-state index contributed by atoms with van der Waals surface area (Å²) >= 11 is 0. The summed E-state index contributed by atoms with van der Waals surface area (Å²) in [4.78, 5) is 2.47. The Bertz CT molecular complexity index is 747. The highest BCUT2D eigenvalue weighted by Gasteiger charge is 2.43. The van der Waals surface area contributed by atoms with Crippen LogP contribution in [-0.2, 0) is 11.3 Å². The van der Waals surface area contributed by atoms with Crippen LogP contribution in [0.5, 0.6) is 5.75 Å². The van der Waals surface area contributed by atoms with Gasteiger partial charge >= 0.3 is 0 Å². The summed E-state index contributed by atoms with van der Waals surface area (Å²) in [5.41, 5.74) is 1.23. The molecular weight excluding hydrogens is 340 g/mol. The maximum atomic E-state index is 6.62. The van der Waals surface area contributed by atoms with Crippen LogP contribution < -0.4 is 10.1 Å². The SMILES string of the molecule is c1coc(CN2CCC3(CC2)C[C@@H](N[C@H]2CCOC2)c2ccccc2O3)c1. The monoisotopic (exact) mass is 368 g/mol. The van der Waals surface area contributed by atoms with Gasteiger partial charge in [0.1, 0.15) is 17.1 Å². The zero-order valence-electron chi connectivity index (χ0n) is 15.7. The van der Waals surface area contributed by atoms with E-state index in [9.17, 15) is 0 Å². The van der Waals surface area contributed by atoms with E-state index in [1.807, 2.05) is 6.07 Å². The number of hydrogen-bond donors (Lipinski definition) is 1. The Hall–Kier alpha value is -1.82. The topological polar surface area (TPSA) is 46.9 Å². The third-order valence-electron chi connectivity index (χ3n) is 6.29. The molecule has 0 radical (unpaired) electrons. The van der Waals surface area contributed by atoms with Crippen LogP contribution in [-0.4, -0.2) is 42.8 Å². The van der Waals surface area contributed by atoms with Crippen LogP contribution in [0, 0.1) is 0 Å². The van der Waals surface area contributed by atoms with Crippen molar-refractivity contribution in [3.63, 3.8) is 0 Å². The third kappa shape index (κ3) is 3.64. The minimum Gasteiger partial charge on any atom is -0.487 e. The molecule has 2 aromatic rings. The summed E-state index contributed by atoms with van der Waals surface area (Å²) in [6, 6.07) is 13.4. The van der Waals surface area contributed by atoms with Crippen LogP contribution in [0.15, 0.2) is 47.1 Å². The molecule has 1 aromatic heterocycles. The van der Waals surface area contributed by atoms with Gasteiger partial charge in [0.25, 0.3) is 0 Å². The number of para-hydroxylation sites is 1. The second-order valence-electron chi connectivity index (χ2n) is 8.16. The van der Waals surface area contributed by atoms with Crippen LogP contribution in [0.25, 0.3) is 0 Å². The normalized spacial score (nSPS) is 27.4. The first kappa shape index (κ1) is 17.3. The van der Waals surface area contributed by atoms with Crippen LogP contribution in [0.1, 0.15) is 43.0 Å². The number of fused-ring (bicyclic) bond motifs is 1. The largest absolute Gasteiger partial charge is 0.487 e. The molecule has 1 N–H and O–H groups in total. The summed E-state index contributed by atoms with van der Waals surface area (Å²) in [7, 11) is 0. The number of ether oxygens (including phenoxy) is 2. The molecule has 5 rings (SSSR count). The lowest BCUT2D eigenvalue weighted by atomic mass is 9.80. The van der Waals surface area contributed by atoms with Gasteiger partial charge in [-0.25, -0.2) is 0 Å². The second-order valence-corrected chi connectivity index (χ2v) is 8.16. The lowest BCUT2D eigenvalue weighted by Crippen LogP contribution is -2.52. The van der Waals surface area contributed by atoms with Crippen LogP contribution in [0.3, 0.4) is 0 Å². The predicted octanol–water partition coefficient (Wildman–Crippen LogP) is 3.52. The summed E-state index contributed by atoms with van der Waals surface area (Å²) in [5.74, 6) is 2.10. The van der Waals surface area contributed by atoms with E-state index >= 15 is 0 Å². The van der Waals surface area contributed by atoms with E-state index in [0.717, 1.165) is 70.0 Å².